The van der Waals surface area contributed by atoms with Crippen molar-refractivity contribution < 1.29 is 18.3 Å². The molecular formula is C19H12ClF2NO3S. The molecule has 4 nitrogen and oxygen atoms in total. The number of carbonyl (C=O) groups is 1. The van der Waals surface area contributed by atoms with Gasteiger partial charge in [0.2, 0.25) is 0 Å². The van der Waals surface area contributed by atoms with E-state index in [9.17, 15) is 18.4 Å². The van der Waals surface area contributed by atoms with E-state index in [1.54, 1.807) is 42.5 Å². The minimum absolute atomic E-state index is 0.0293. The molecule has 0 saturated carbocycles. The number of Topliss-reactive ketones (excluding diaryl/α,β-unsaturated/α-hetero) is 1. The summed E-state index contributed by atoms with van der Waals surface area (Å²) in [6.45, 7) is -2.89. The third kappa shape index (κ3) is 4.90. The summed E-state index contributed by atoms with van der Waals surface area (Å²) in [6.07, 6.45) is 2.90. The second-order valence-electron chi connectivity index (χ2n) is 5.36. The number of hydrogen-bond acceptors (Lipinski definition) is 4. The molecule has 0 fully saturated rings. The van der Waals surface area contributed by atoms with Gasteiger partial charge in [0.1, 0.15) is 5.75 Å². The molecule has 2 aromatic carbocycles. The summed E-state index contributed by atoms with van der Waals surface area (Å²) >= 11 is 7.10. The highest BCUT2D eigenvalue weighted by molar-refractivity contribution is 7.07. The Hall–Kier alpha value is -2.77. The van der Waals surface area contributed by atoms with Crippen LogP contribution in [0.1, 0.15) is 15.9 Å². The summed E-state index contributed by atoms with van der Waals surface area (Å²) in [7, 11) is 0. The minimum atomic E-state index is -2.89. The summed E-state index contributed by atoms with van der Waals surface area (Å²) < 4.78 is 29.4. The molecule has 8 heteroatoms. The van der Waals surface area contributed by atoms with Crippen LogP contribution in [0.3, 0.4) is 0 Å². The highest BCUT2D eigenvalue weighted by atomic mass is 35.5. The smallest absolute Gasteiger partial charge is 0.387 e. The first-order chi connectivity index (χ1) is 12.9. The maximum absolute atomic E-state index is 12.3. The molecule has 0 bridgehead atoms. The maximum Gasteiger partial charge on any atom is 0.387 e. The number of rotatable bonds is 5. The molecule has 0 aliphatic rings. The summed E-state index contributed by atoms with van der Waals surface area (Å²) in [5.74, 6) is -0.292. The standard InChI is InChI=1S/C19H12ClF2NO3S/c20-14-4-2-1-3-13(14)15(24)10-17-23-18(25)16(27-17)9-11-5-7-12(8-6-11)26-19(21)22/h1-10,19H,(H,23,25)/b16-9-,17-10-. The average Bonchev–Trinajstić information content (AvgIpc) is 2.95. The maximum atomic E-state index is 12.3. The SMILES string of the molecule is O=C(/C=c1/[nH]c(=O)/c(=C/c2ccc(OC(F)F)cc2)s1)c1ccccc1Cl. The fourth-order valence-corrected chi connectivity index (χ4v) is 3.39. The van der Waals surface area contributed by atoms with Crippen molar-refractivity contribution in [1.82, 2.24) is 4.98 Å². The van der Waals surface area contributed by atoms with E-state index in [4.69, 9.17) is 11.6 Å². The van der Waals surface area contributed by atoms with Gasteiger partial charge in [-0.3, -0.25) is 9.59 Å². The predicted molar refractivity (Wildman–Crippen MR) is 101 cm³/mol. The summed E-state index contributed by atoms with van der Waals surface area (Å²) in [6, 6.07) is 12.5. The molecule has 0 atom stereocenters. The van der Waals surface area contributed by atoms with Crippen LogP contribution in [0, 0.1) is 0 Å². The Morgan fingerprint density at radius 1 is 1.15 bits per heavy atom. The number of carbonyl (C=O) groups excluding carboxylic acids is 1. The minimum Gasteiger partial charge on any atom is -0.435 e. The quantitative estimate of drug-likeness (QED) is 0.661. The number of ketones is 1. The average molecular weight is 408 g/mol. The van der Waals surface area contributed by atoms with Crippen LogP contribution in [0.25, 0.3) is 12.2 Å². The lowest BCUT2D eigenvalue weighted by Crippen LogP contribution is -2.20. The van der Waals surface area contributed by atoms with Crippen molar-refractivity contribution in [3.63, 3.8) is 0 Å². The first-order valence-corrected chi connectivity index (χ1v) is 8.88. The molecule has 3 rings (SSSR count). The van der Waals surface area contributed by atoms with Crippen LogP contribution >= 0.6 is 22.9 Å². The largest absolute Gasteiger partial charge is 0.435 e. The van der Waals surface area contributed by atoms with Crippen molar-refractivity contribution in [2.75, 3.05) is 0 Å². The molecule has 3 aromatic rings. The normalized spacial score (nSPS) is 12.6. The van der Waals surface area contributed by atoms with Crippen LogP contribution in [0.5, 0.6) is 5.75 Å². The molecule has 1 aromatic heterocycles. The molecule has 0 saturated heterocycles. The molecule has 0 radical (unpaired) electrons. The van der Waals surface area contributed by atoms with E-state index in [0.29, 0.717) is 25.3 Å². The summed E-state index contributed by atoms with van der Waals surface area (Å²) in [5, 5.41) is 0.329. The highest BCUT2D eigenvalue weighted by Gasteiger charge is 2.07. The van der Waals surface area contributed by atoms with Crippen molar-refractivity contribution in [3.05, 3.63) is 84.2 Å². The molecule has 1 heterocycles. The van der Waals surface area contributed by atoms with Gasteiger partial charge in [-0.1, -0.05) is 35.9 Å². The number of hydrogen-bond donors (Lipinski definition) is 1. The number of aromatic nitrogens is 1. The highest BCUT2D eigenvalue weighted by Crippen LogP contribution is 2.16. The molecule has 138 valence electrons. The Balaban J connectivity index is 1.90. The molecule has 0 amide bonds. The van der Waals surface area contributed by atoms with Gasteiger partial charge in [0.05, 0.1) is 14.2 Å². The Morgan fingerprint density at radius 3 is 2.52 bits per heavy atom. The van der Waals surface area contributed by atoms with Crippen LogP contribution in [0.2, 0.25) is 5.02 Å². The fraction of sp³-hybridized carbons (Fsp3) is 0.0526. The number of alkyl halides is 2. The second-order valence-corrected chi connectivity index (χ2v) is 6.86. The molecule has 0 spiro atoms. The lowest BCUT2D eigenvalue weighted by molar-refractivity contribution is -0.0498. The van der Waals surface area contributed by atoms with Gasteiger partial charge in [0.25, 0.3) is 5.56 Å². The molecule has 0 unspecified atom stereocenters. The van der Waals surface area contributed by atoms with E-state index < -0.39 is 6.61 Å². The van der Waals surface area contributed by atoms with Gasteiger partial charge in [0.15, 0.2) is 5.78 Å². The van der Waals surface area contributed by atoms with Crippen molar-refractivity contribution in [2.24, 2.45) is 0 Å². The van der Waals surface area contributed by atoms with E-state index in [0.717, 1.165) is 11.3 Å². The number of aromatic amines is 1. The molecule has 27 heavy (non-hydrogen) atoms. The van der Waals surface area contributed by atoms with E-state index >= 15 is 0 Å². The zero-order valence-electron chi connectivity index (χ0n) is 13.6. The zero-order chi connectivity index (χ0) is 19.4. The second kappa shape index (κ2) is 8.28. The van der Waals surface area contributed by atoms with E-state index in [1.165, 1.54) is 18.2 Å². The molecular weight excluding hydrogens is 396 g/mol. The first-order valence-electron chi connectivity index (χ1n) is 7.69. The zero-order valence-corrected chi connectivity index (χ0v) is 15.2. The molecule has 0 aliphatic carbocycles. The van der Waals surface area contributed by atoms with Crippen LogP contribution in [-0.2, 0) is 0 Å². The van der Waals surface area contributed by atoms with Gasteiger partial charge < -0.3 is 9.72 Å². The third-order valence-electron chi connectivity index (χ3n) is 3.48. The fourth-order valence-electron chi connectivity index (χ4n) is 2.28. The van der Waals surface area contributed by atoms with Crippen molar-refractivity contribution in [3.8, 4) is 5.75 Å². The summed E-state index contributed by atoms with van der Waals surface area (Å²) in [4.78, 5) is 27.0. The van der Waals surface area contributed by atoms with E-state index in [2.05, 4.69) is 9.72 Å². The number of halogens is 3. The van der Waals surface area contributed by atoms with Gasteiger partial charge >= 0.3 is 6.61 Å². The monoisotopic (exact) mass is 407 g/mol. The van der Waals surface area contributed by atoms with Gasteiger partial charge in [-0.05, 0) is 35.9 Å². The third-order valence-corrected chi connectivity index (χ3v) is 4.78. The van der Waals surface area contributed by atoms with Gasteiger partial charge in [-0.25, -0.2) is 0 Å². The van der Waals surface area contributed by atoms with Crippen LogP contribution in [0.4, 0.5) is 8.78 Å². The van der Waals surface area contributed by atoms with Gasteiger partial charge in [-0.15, -0.1) is 11.3 Å². The Labute approximate surface area is 161 Å². The number of thiazole rings is 1. The Kier molecular flexibility index (Phi) is 5.83. The number of H-pyrrole nitrogens is 1. The molecule has 1 N–H and O–H groups in total. The number of ether oxygens (including phenoxy) is 1. The first kappa shape index (κ1) is 19.0. The van der Waals surface area contributed by atoms with Crippen molar-refractivity contribution in [2.45, 2.75) is 6.61 Å². The topological polar surface area (TPSA) is 59.2 Å². The Bertz CT molecular complexity index is 1140. The van der Waals surface area contributed by atoms with Crippen LogP contribution < -0.4 is 19.5 Å². The number of nitrogens with one attached hydrogen (secondary N) is 1. The summed E-state index contributed by atoms with van der Waals surface area (Å²) in [5.41, 5.74) is 0.618. The Morgan fingerprint density at radius 2 is 1.85 bits per heavy atom. The van der Waals surface area contributed by atoms with Crippen molar-refractivity contribution in [1.29, 1.82) is 0 Å². The number of benzene rings is 2. The van der Waals surface area contributed by atoms with Crippen LogP contribution in [-0.4, -0.2) is 17.4 Å². The lowest BCUT2D eigenvalue weighted by Gasteiger charge is -2.03. The van der Waals surface area contributed by atoms with E-state index in [-0.39, 0.29) is 17.1 Å². The van der Waals surface area contributed by atoms with Gasteiger partial charge in [0, 0.05) is 11.6 Å². The van der Waals surface area contributed by atoms with Crippen molar-refractivity contribution >= 4 is 40.9 Å². The molecule has 0 aliphatic heterocycles. The van der Waals surface area contributed by atoms with E-state index in [1.807, 2.05) is 0 Å². The predicted octanol–water partition coefficient (Wildman–Crippen LogP) is 3.18. The van der Waals surface area contributed by atoms with Crippen LogP contribution in [0.15, 0.2) is 53.3 Å². The van der Waals surface area contributed by atoms with Gasteiger partial charge in [-0.2, -0.15) is 8.78 Å². The lowest BCUT2D eigenvalue weighted by atomic mass is 10.1.